The van der Waals surface area contributed by atoms with Crippen molar-refractivity contribution < 1.29 is 9.32 Å². The monoisotopic (exact) mass is 418 g/mol. The van der Waals surface area contributed by atoms with Gasteiger partial charge in [-0.15, -0.1) is 0 Å². The zero-order valence-electron chi connectivity index (χ0n) is 18.5. The first-order chi connectivity index (χ1) is 15.0. The maximum absolute atomic E-state index is 12.9. The number of carbonyl (C=O) groups is 1. The largest absolute Gasteiger partial charge is 0.351 e. The summed E-state index contributed by atoms with van der Waals surface area (Å²) in [4.78, 5) is 21.5. The van der Waals surface area contributed by atoms with Crippen LogP contribution in [-0.2, 0) is 13.0 Å². The summed E-state index contributed by atoms with van der Waals surface area (Å²) in [6.45, 7) is 10.3. The summed E-state index contributed by atoms with van der Waals surface area (Å²) in [5.74, 6) is 0.754. The number of aryl methyl sites for hydroxylation is 1. The molecule has 162 valence electrons. The van der Waals surface area contributed by atoms with Crippen molar-refractivity contribution in [1.82, 2.24) is 19.9 Å². The average molecular weight is 419 g/mol. The highest BCUT2D eigenvalue weighted by molar-refractivity contribution is 5.91. The number of pyridine rings is 1. The maximum Gasteiger partial charge on any atom is 0.292 e. The van der Waals surface area contributed by atoms with Crippen LogP contribution >= 0.6 is 0 Å². The lowest BCUT2D eigenvalue weighted by molar-refractivity contribution is 0.0587. The third kappa shape index (κ3) is 5.20. The minimum Gasteiger partial charge on any atom is -0.351 e. The molecule has 1 aliphatic heterocycles. The molecule has 1 amide bonds. The van der Waals surface area contributed by atoms with Crippen LogP contribution in [0.4, 0.5) is 0 Å². The van der Waals surface area contributed by atoms with Crippen molar-refractivity contribution in [1.29, 1.82) is 0 Å². The van der Waals surface area contributed by atoms with Gasteiger partial charge in [0.2, 0.25) is 5.76 Å². The Labute approximate surface area is 183 Å². The van der Waals surface area contributed by atoms with Crippen LogP contribution in [0, 0.1) is 6.92 Å². The second-order valence-corrected chi connectivity index (χ2v) is 8.59. The van der Waals surface area contributed by atoms with Gasteiger partial charge in [0.15, 0.2) is 0 Å². The van der Waals surface area contributed by atoms with E-state index in [0.717, 1.165) is 36.6 Å². The molecule has 1 aromatic carbocycles. The van der Waals surface area contributed by atoms with Crippen LogP contribution in [-0.4, -0.2) is 52.0 Å². The van der Waals surface area contributed by atoms with Gasteiger partial charge in [0.1, 0.15) is 0 Å². The fourth-order valence-corrected chi connectivity index (χ4v) is 3.89. The Balaban J connectivity index is 1.31. The molecule has 0 unspecified atom stereocenters. The zero-order valence-corrected chi connectivity index (χ0v) is 18.5. The van der Waals surface area contributed by atoms with Crippen molar-refractivity contribution in [2.24, 2.45) is 0 Å². The highest BCUT2D eigenvalue weighted by atomic mass is 16.5. The SMILES string of the molecule is Cc1cccnc1CN1CCN(C(=O)c2cc(Cc3ccc(C(C)C)cc3)no2)CC1. The minimum atomic E-state index is -0.0810. The third-order valence-corrected chi connectivity index (χ3v) is 5.95. The summed E-state index contributed by atoms with van der Waals surface area (Å²) < 4.78 is 5.39. The minimum absolute atomic E-state index is 0.0810. The second-order valence-electron chi connectivity index (χ2n) is 8.59. The molecule has 1 saturated heterocycles. The molecule has 2 aromatic heterocycles. The maximum atomic E-state index is 12.9. The number of amides is 1. The molecule has 0 N–H and O–H groups in total. The van der Waals surface area contributed by atoms with Crippen LogP contribution in [0.1, 0.15) is 58.4 Å². The zero-order chi connectivity index (χ0) is 21.8. The Morgan fingerprint density at radius 2 is 1.84 bits per heavy atom. The van der Waals surface area contributed by atoms with E-state index in [1.807, 2.05) is 17.2 Å². The Hall–Kier alpha value is -2.99. The Bertz CT molecular complexity index is 1020. The van der Waals surface area contributed by atoms with Crippen molar-refractivity contribution in [3.05, 3.63) is 82.5 Å². The van der Waals surface area contributed by atoms with Crippen molar-refractivity contribution in [3.63, 3.8) is 0 Å². The molecule has 3 heterocycles. The van der Waals surface area contributed by atoms with E-state index >= 15 is 0 Å². The molecule has 3 aromatic rings. The van der Waals surface area contributed by atoms with Gasteiger partial charge in [-0.05, 0) is 35.6 Å². The first kappa shape index (κ1) is 21.2. The van der Waals surface area contributed by atoms with Crippen molar-refractivity contribution in [2.45, 2.75) is 39.7 Å². The molecule has 0 saturated carbocycles. The highest BCUT2D eigenvalue weighted by Crippen LogP contribution is 2.18. The smallest absolute Gasteiger partial charge is 0.292 e. The summed E-state index contributed by atoms with van der Waals surface area (Å²) in [5.41, 5.74) is 5.56. The standard InChI is InChI=1S/C25H30N4O2/c1-18(2)21-8-6-20(7-9-21)15-22-16-24(31-27-22)25(30)29-13-11-28(12-14-29)17-23-19(3)5-4-10-26-23/h4-10,16,18H,11-15,17H2,1-3H3. The number of benzene rings is 1. The molecule has 0 spiro atoms. The van der Waals surface area contributed by atoms with Gasteiger partial charge in [-0.1, -0.05) is 49.3 Å². The van der Waals surface area contributed by atoms with Gasteiger partial charge in [0, 0.05) is 51.4 Å². The molecule has 31 heavy (non-hydrogen) atoms. The first-order valence-corrected chi connectivity index (χ1v) is 11.0. The summed E-state index contributed by atoms with van der Waals surface area (Å²) in [5, 5.41) is 4.12. The molecule has 1 aliphatic rings. The topological polar surface area (TPSA) is 62.5 Å². The number of hydrogen-bond donors (Lipinski definition) is 0. The first-order valence-electron chi connectivity index (χ1n) is 11.0. The molecule has 6 nitrogen and oxygen atoms in total. The number of carbonyl (C=O) groups excluding carboxylic acids is 1. The average Bonchev–Trinajstić information content (AvgIpc) is 3.24. The lowest BCUT2D eigenvalue weighted by Crippen LogP contribution is -2.48. The molecular weight excluding hydrogens is 388 g/mol. The normalized spacial score (nSPS) is 14.9. The van der Waals surface area contributed by atoms with Gasteiger partial charge in [0.25, 0.3) is 5.91 Å². The van der Waals surface area contributed by atoms with E-state index in [1.165, 1.54) is 11.1 Å². The fraction of sp³-hybridized carbons (Fsp3) is 0.400. The molecular formula is C25H30N4O2. The molecule has 4 rings (SSSR count). The number of rotatable bonds is 6. The van der Waals surface area contributed by atoms with Gasteiger partial charge in [-0.25, -0.2) is 0 Å². The van der Waals surface area contributed by atoms with E-state index in [2.05, 4.69) is 66.1 Å². The van der Waals surface area contributed by atoms with E-state index < -0.39 is 0 Å². The fourth-order valence-electron chi connectivity index (χ4n) is 3.89. The van der Waals surface area contributed by atoms with Crippen molar-refractivity contribution in [2.75, 3.05) is 26.2 Å². The predicted octanol–water partition coefficient (Wildman–Crippen LogP) is 4.05. The summed E-state index contributed by atoms with van der Waals surface area (Å²) in [6.07, 6.45) is 2.49. The second kappa shape index (κ2) is 9.43. The highest BCUT2D eigenvalue weighted by Gasteiger charge is 2.25. The van der Waals surface area contributed by atoms with Crippen LogP contribution in [0.25, 0.3) is 0 Å². The van der Waals surface area contributed by atoms with E-state index in [0.29, 0.717) is 31.2 Å². The van der Waals surface area contributed by atoms with Crippen LogP contribution in [0.3, 0.4) is 0 Å². The number of nitrogens with zero attached hydrogens (tertiary/aromatic N) is 4. The van der Waals surface area contributed by atoms with Crippen LogP contribution < -0.4 is 0 Å². The summed E-state index contributed by atoms with van der Waals surface area (Å²) >= 11 is 0. The Kier molecular flexibility index (Phi) is 6.47. The lowest BCUT2D eigenvalue weighted by atomic mass is 10.0. The molecule has 6 heteroatoms. The van der Waals surface area contributed by atoms with Gasteiger partial charge >= 0.3 is 0 Å². The summed E-state index contributed by atoms with van der Waals surface area (Å²) in [6, 6.07) is 14.4. The van der Waals surface area contributed by atoms with Crippen molar-refractivity contribution in [3.8, 4) is 0 Å². The van der Waals surface area contributed by atoms with Gasteiger partial charge in [-0.3, -0.25) is 14.7 Å². The number of piperazine rings is 1. The van der Waals surface area contributed by atoms with E-state index in [-0.39, 0.29) is 5.91 Å². The van der Waals surface area contributed by atoms with Crippen LogP contribution in [0.2, 0.25) is 0 Å². The molecule has 0 aliphatic carbocycles. The van der Waals surface area contributed by atoms with Crippen LogP contribution in [0.5, 0.6) is 0 Å². The summed E-state index contributed by atoms with van der Waals surface area (Å²) in [7, 11) is 0. The molecule has 0 atom stereocenters. The molecule has 0 bridgehead atoms. The van der Waals surface area contributed by atoms with Crippen molar-refractivity contribution >= 4 is 5.91 Å². The van der Waals surface area contributed by atoms with Gasteiger partial charge < -0.3 is 9.42 Å². The van der Waals surface area contributed by atoms with E-state index in [4.69, 9.17) is 4.52 Å². The van der Waals surface area contributed by atoms with Crippen LogP contribution in [0.15, 0.2) is 53.2 Å². The number of aromatic nitrogens is 2. The van der Waals surface area contributed by atoms with Gasteiger partial charge in [0.05, 0.1) is 11.4 Å². The Morgan fingerprint density at radius 3 is 2.52 bits per heavy atom. The van der Waals surface area contributed by atoms with E-state index in [1.54, 1.807) is 6.07 Å². The molecule has 1 fully saturated rings. The van der Waals surface area contributed by atoms with E-state index in [9.17, 15) is 4.79 Å². The quantitative estimate of drug-likeness (QED) is 0.604. The number of hydrogen-bond acceptors (Lipinski definition) is 5. The lowest BCUT2D eigenvalue weighted by Gasteiger charge is -2.34. The Morgan fingerprint density at radius 1 is 1.10 bits per heavy atom. The third-order valence-electron chi connectivity index (χ3n) is 5.95. The predicted molar refractivity (Wildman–Crippen MR) is 120 cm³/mol. The molecule has 0 radical (unpaired) electrons. The van der Waals surface area contributed by atoms with Gasteiger partial charge in [-0.2, -0.15) is 0 Å².